The summed E-state index contributed by atoms with van der Waals surface area (Å²) in [5, 5.41) is 6.29. The number of likely N-dealkylation sites (N-methyl/N-ethyl adjacent to an activating group) is 1. The summed E-state index contributed by atoms with van der Waals surface area (Å²) in [6.07, 6.45) is 5.20. The summed E-state index contributed by atoms with van der Waals surface area (Å²) in [7, 11) is 3.79. The summed E-state index contributed by atoms with van der Waals surface area (Å²) in [5.74, 6) is 0.978. The molecule has 1 aliphatic rings. The van der Waals surface area contributed by atoms with E-state index in [1.165, 1.54) is 0 Å². The highest BCUT2D eigenvalue weighted by molar-refractivity contribution is 6.04. The summed E-state index contributed by atoms with van der Waals surface area (Å²) >= 11 is 0. The number of rotatable bonds is 8. The minimum atomic E-state index is -0.205. The minimum absolute atomic E-state index is 0.205. The van der Waals surface area contributed by atoms with Gasteiger partial charge in [-0.05, 0) is 62.0 Å². The molecule has 4 aromatic rings. The number of benzene rings is 2. The Labute approximate surface area is 228 Å². The van der Waals surface area contributed by atoms with E-state index in [-0.39, 0.29) is 5.91 Å². The maximum absolute atomic E-state index is 13.1. The van der Waals surface area contributed by atoms with Gasteiger partial charge in [-0.3, -0.25) is 14.7 Å². The van der Waals surface area contributed by atoms with Crippen molar-refractivity contribution < 1.29 is 9.53 Å². The van der Waals surface area contributed by atoms with E-state index in [0.717, 1.165) is 66.5 Å². The fraction of sp³-hybridized carbons (Fsp3) is 0.267. The molecule has 1 amide bonds. The Hall–Kier alpha value is -4.34. The molecule has 2 N–H and O–H groups in total. The van der Waals surface area contributed by atoms with E-state index in [1.807, 2.05) is 61.5 Å². The highest BCUT2D eigenvalue weighted by Crippen LogP contribution is 2.26. The van der Waals surface area contributed by atoms with Crippen LogP contribution in [0.1, 0.15) is 21.5 Å². The van der Waals surface area contributed by atoms with Crippen LogP contribution >= 0.6 is 0 Å². The van der Waals surface area contributed by atoms with Crippen molar-refractivity contribution in [1.82, 2.24) is 24.8 Å². The van der Waals surface area contributed by atoms with Crippen LogP contribution in [0.2, 0.25) is 0 Å². The number of aromatic nitrogens is 3. The van der Waals surface area contributed by atoms with Gasteiger partial charge in [0.25, 0.3) is 5.91 Å². The lowest BCUT2D eigenvalue weighted by Gasteiger charge is -2.32. The van der Waals surface area contributed by atoms with Gasteiger partial charge in [0.1, 0.15) is 5.75 Å². The summed E-state index contributed by atoms with van der Waals surface area (Å²) in [6.45, 7) is 6.93. The first-order valence-corrected chi connectivity index (χ1v) is 13.0. The summed E-state index contributed by atoms with van der Waals surface area (Å²) in [6, 6.07) is 17.0. The Kier molecular flexibility index (Phi) is 8.10. The predicted octanol–water partition coefficient (Wildman–Crippen LogP) is 4.60. The lowest BCUT2D eigenvalue weighted by Crippen LogP contribution is -2.43. The van der Waals surface area contributed by atoms with E-state index >= 15 is 0 Å². The van der Waals surface area contributed by atoms with Crippen molar-refractivity contribution in [3.8, 4) is 17.0 Å². The summed E-state index contributed by atoms with van der Waals surface area (Å²) in [5.41, 5.74) is 5.76. The molecule has 0 unspecified atom stereocenters. The van der Waals surface area contributed by atoms with Crippen LogP contribution in [-0.2, 0) is 6.54 Å². The van der Waals surface area contributed by atoms with Gasteiger partial charge in [-0.2, -0.15) is 0 Å². The second-order valence-electron chi connectivity index (χ2n) is 9.72. The second-order valence-corrected chi connectivity index (χ2v) is 9.72. The van der Waals surface area contributed by atoms with Crippen LogP contribution < -0.4 is 15.4 Å². The maximum atomic E-state index is 13.1. The Bertz CT molecular complexity index is 1440. The van der Waals surface area contributed by atoms with Gasteiger partial charge in [0.2, 0.25) is 5.95 Å². The standard InChI is InChI=1S/C30H33N7O2/c1-21-6-9-25(18-27(21)35-30-32-12-10-26(34-30)23-5-4-11-31-19-23)33-29(38)22-7-8-24(28(17-22)39-3)20-37-15-13-36(2)14-16-37/h4-12,17-19H,13-16,20H2,1-3H3,(H,33,38)(H,32,34,35). The number of methoxy groups -OCH3 is 1. The molecular formula is C30H33N7O2. The number of pyridine rings is 1. The normalized spacial score (nSPS) is 14.1. The highest BCUT2D eigenvalue weighted by atomic mass is 16.5. The van der Waals surface area contributed by atoms with Gasteiger partial charge in [0, 0.05) is 79.4 Å². The predicted molar refractivity (Wildman–Crippen MR) is 153 cm³/mol. The number of hydrogen-bond donors (Lipinski definition) is 2. The van der Waals surface area contributed by atoms with Crippen LogP contribution in [0.15, 0.2) is 73.2 Å². The third-order valence-corrected chi connectivity index (χ3v) is 6.89. The van der Waals surface area contributed by atoms with E-state index in [1.54, 1.807) is 25.7 Å². The van der Waals surface area contributed by atoms with E-state index in [2.05, 4.69) is 42.4 Å². The zero-order valence-electron chi connectivity index (χ0n) is 22.5. The van der Waals surface area contributed by atoms with Crippen LogP contribution in [-0.4, -0.2) is 71.0 Å². The molecule has 0 atom stereocenters. The smallest absolute Gasteiger partial charge is 0.255 e. The van der Waals surface area contributed by atoms with Crippen molar-refractivity contribution in [2.45, 2.75) is 13.5 Å². The van der Waals surface area contributed by atoms with Gasteiger partial charge >= 0.3 is 0 Å². The molecule has 1 fully saturated rings. The van der Waals surface area contributed by atoms with Gasteiger partial charge in [-0.15, -0.1) is 0 Å². The van der Waals surface area contributed by atoms with Crippen LogP contribution in [0.3, 0.4) is 0 Å². The largest absolute Gasteiger partial charge is 0.496 e. The topological polar surface area (TPSA) is 95.5 Å². The average molecular weight is 524 g/mol. The lowest BCUT2D eigenvalue weighted by atomic mass is 10.1. The molecule has 3 heterocycles. The number of carbonyl (C=O) groups excluding carboxylic acids is 1. The first-order valence-electron chi connectivity index (χ1n) is 13.0. The van der Waals surface area contributed by atoms with Crippen molar-refractivity contribution in [1.29, 1.82) is 0 Å². The third-order valence-electron chi connectivity index (χ3n) is 6.89. The molecule has 5 rings (SSSR count). The van der Waals surface area contributed by atoms with E-state index < -0.39 is 0 Å². The molecule has 2 aromatic carbocycles. The number of carbonyl (C=O) groups is 1. The molecule has 9 heteroatoms. The number of piperazine rings is 1. The van der Waals surface area contributed by atoms with Gasteiger partial charge < -0.3 is 20.3 Å². The molecular weight excluding hydrogens is 490 g/mol. The summed E-state index contributed by atoms with van der Waals surface area (Å²) in [4.78, 5) is 31.0. The summed E-state index contributed by atoms with van der Waals surface area (Å²) < 4.78 is 5.65. The number of hydrogen-bond acceptors (Lipinski definition) is 8. The Balaban J connectivity index is 1.28. The quantitative estimate of drug-likeness (QED) is 0.346. The molecule has 2 aromatic heterocycles. The third kappa shape index (κ3) is 6.57. The van der Waals surface area contributed by atoms with E-state index in [4.69, 9.17) is 4.74 Å². The molecule has 0 spiro atoms. The van der Waals surface area contributed by atoms with Crippen molar-refractivity contribution in [2.75, 3.05) is 51.0 Å². The average Bonchev–Trinajstić information content (AvgIpc) is 2.97. The minimum Gasteiger partial charge on any atom is -0.496 e. The molecule has 1 aliphatic heterocycles. The Morgan fingerprint density at radius 1 is 1.03 bits per heavy atom. The monoisotopic (exact) mass is 523 g/mol. The number of nitrogens with one attached hydrogen (secondary N) is 2. The molecule has 0 bridgehead atoms. The lowest BCUT2D eigenvalue weighted by molar-refractivity contribution is 0.102. The van der Waals surface area contributed by atoms with Crippen LogP contribution in [0.25, 0.3) is 11.3 Å². The maximum Gasteiger partial charge on any atom is 0.255 e. The molecule has 200 valence electrons. The number of amides is 1. The Morgan fingerprint density at radius 3 is 2.64 bits per heavy atom. The number of nitrogens with zero attached hydrogens (tertiary/aromatic N) is 5. The molecule has 39 heavy (non-hydrogen) atoms. The number of aryl methyl sites for hydroxylation is 1. The zero-order valence-corrected chi connectivity index (χ0v) is 22.5. The van der Waals surface area contributed by atoms with Gasteiger partial charge in [-0.25, -0.2) is 9.97 Å². The van der Waals surface area contributed by atoms with Crippen LogP contribution in [0, 0.1) is 6.92 Å². The highest BCUT2D eigenvalue weighted by Gasteiger charge is 2.17. The van der Waals surface area contributed by atoms with Crippen molar-refractivity contribution in [3.63, 3.8) is 0 Å². The van der Waals surface area contributed by atoms with Gasteiger partial charge in [0.15, 0.2) is 0 Å². The molecule has 1 saturated heterocycles. The molecule has 9 nitrogen and oxygen atoms in total. The molecule has 0 radical (unpaired) electrons. The van der Waals surface area contributed by atoms with E-state index in [0.29, 0.717) is 17.2 Å². The van der Waals surface area contributed by atoms with Crippen LogP contribution in [0.5, 0.6) is 5.75 Å². The van der Waals surface area contributed by atoms with E-state index in [9.17, 15) is 4.79 Å². The van der Waals surface area contributed by atoms with Crippen LogP contribution in [0.4, 0.5) is 17.3 Å². The second kappa shape index (κ2) is 12.0. The Morgan fingerprint density at radius 2 is 1.87 bits per heavy atom. The first kappa shape index (κ1) is 26.3. The van der Waals surface area contributed by atoms with Crippen molar-refractivity contribution >= 4 is 23.2 Å². The van der Waals surface area contributed by atoms with Gasteiger partial charge in [0.05, 0.1) is 12.8 Å². The number of ether oxygens (including phenoxy) is 1. The van der Waals surface area contributed by atoms with Gasteiger partial charge in [-0.1, -0.05) is 12.1 Å². The fourth-order valence-electron chi connectivity index (χ4n) is 4.52. The first-order chi connectivity index (χ1) is 19.0. The van der Waals surface area contributed by atoms with Crippen molar-refractivity contribution in [3.05, 3.63) is 89.9 Å². The SMILES string of the molecule is COc1cc(C(=O)Nc2ccc(C)c(Nc3nccc(-c4cccnc4)n3)c2)ccc1CN1CCN(C)CC1. The number of anilines is 3. The van der Waals surface area contributed by atoms with Crippen molar-refractivity contribution in [2.24, 2.45) is 0 Å². The zero-order chi connectivity index (χ0) is 27.2. The molecule has 0 saturated carbocycles. The molecule has 0 aliphatic carbocycles. The fourth-order valence-corrected chi connectivity index (χ4v) is 4.52.